The second-order valence-corrected chi connectivity index (χ2v) is 8.74. The molecular weight excluding hydrogens is 342 g/mol. The van der Waals surface area contributed by atoms with Crippen LogP contribution >= 0.6 is 11.8 Å². The van der Waals surface area contributed by atoms with E-state index in [0.29, 0.717) is 12.2 Å². The van der Waals surface area contributed by atoms with E-state index in [0.717, 1.165) is 11.8 Å². The van der Waals surface area contributed by atoms with Crippen LogP contribution in [0.4, 0.5) is 0 Å². The van der Waals surface area contributed by atoms with Gasteiger partial charge in [0.2, 0.25) is 5.91 Å². The van der Waals surface area contributed by atoms with Crippen LogP contribution in [0, 0.1) is 0 Å². The molecule has 2 aromatic rings. The van der Waals surface area contributed by atoms with Crippen molar-refractivity contribution in [2.24, 2.45) is 0 Å². The number of carbonyl (C=O) groups excluding carboxylic acids is 1. The van der Waals surface area contributed by atoms with Crippen LogP contribution in [0.5, 0.6) is 0 Å². The van der Waals surface area contributed by atoms with Gasteiger partial charge in [-0.05, 0) is 25.5 Å². The smallest absolute Gasteiger partial charge is 0.284 e. The summed E-state index contributed by atoms with van der Waals surface area (Å²) >= 11 is 1.11. The summed E-state index contributed by atoms with van der Waals surface area (Å²) in [5, 5.41) is 10.2. The number of amides is 1. The van der Waals surface area contributed by atoms with Gasteiger partial charge in [0.1, 0.15) is 0 Å². The Kier molecular flexibility index (Phi) is 4.44. The molecule has 1 aliphatic heterocycles. The van der Waals surface area contributed by atoms with Crippen LogP contribution in [0.25, 0.3) is 11.7 Å². The Morgan fingerprint density at radius 2 is 2.30 bits per heavy atom. The first-order valence-electron chi connectivity index (χ1n) is 6.98. The van der Waals surface area contributed by atoms with Gasteiger partial charge in [-0.3, -0.25) is 4.79 Å². The maximum atomic E-state index is 12.1. The van der Waals surface area contributed by atoms with Crippen LogP contribution < -0.4 is 5.32 Å². The summed E-state index contributed by atoms with van der Waals surface area (Å²) in [6.07, 6.45) is 1.95. The molecule has 2 atom stereocenters. The van der Waals surface area contributed by atoms with Crippen LogP contribution in [0.3, 0.4) is 0 Å². The largest absolute Gasteiger partial charge is 0.459 e. The molecule has 2 aromatic heterocycles. The van der Waals surface area contributed by atoms with Crippen molar-refractivity contribution in [3.05, 3.63) is 18.4 Å². The predicted molar refractivity (Wildman–Crippen MR) is 82.5 cm³/mol. The van der Waals surface area contributed by atoms with Gasteiger partial charge in [0.25, 0.3) is 11.1 Å². The van der Waals surface area contributed by atoms with E-state index in [1.54, 1.807) is 19.1 Å². The highest BCUT2D eigenvalue weighted by Gasteiger charge is 2.30. The van der Waals surface area contributed by atoms with Crippen molar-refractivity contribution in [1.82, 2.24) is 15.5 Å². The van der Waals surface area contributed by atoms with E-state index in [1.165, 1.54) is 6.26 Å². The molecule has 10 heteroatoms. The molecule has 8 nitrogen and oxygen atoms in total. The Labute approximate surface area is 136 Å². The Balaban J connectivity index is 1.56. The molecule has 0 unspecified atom stereocenters. The molecule has 0 aromatic carbocycles. The molecule has 1 aliphatic rings. The number of thioether (sulfide) groups is 1. The van der Waals surface area contributed by atoms with Crippen molar-refractivity contribution in [3.63, 3.8) is 0 Å². The van der Waals surface area contributed by atoms with Crippen molar-refractivity contribution in [3.8, 4) is 11.7 Å². The fourth-order valence-electron chi connectivity index (χ4n) is 2.19. The molecule has 0 saturated carbocycles. The molecule has 0 spiro atoms. The number of aromatic nitrogens is 2. The van der Waals surface area contributed by atoms with E-state index in [2.05, 4.69) is 15.5 Å². The van der Waals surface area contributed by atoms with Gasteiger partial charge < -0.3 is 14.2 Å². The standard InChI is InChI=1S/C13H15N3O5S2/c1-8(11(17)14-9-4-6-23(18,19)7-9)22-13-16-15-12(21-13)10-3-2-5-20-10/h2-3,5,8-9H,4,6-7H2,1H3,(H,14,17)/t8-,9+/m0/s1. The molecule has 23 heavy (non-hydrogen) atoms. The number of hydrogen-bond donors (Lipinski definition) is 1. The van der Waals surface area contributed by atoms with Gasteiger partial charge >= 0.3 is 0 Å². The summed E-state index contributed by atoms with van der Waals surface area (Å²) < 4.78 is 33.4. The molecule has 3 rings (SSSR count). The van der Waals surface area contributed by atoms with Gasteiger partial charge in [-0.25, -0.2) is 8.42 Å². The van der Waals surface area contributed by atoms with Gasteiger partial charge in [-0.2, -0.15) is 0 Å². The second kappa shape index (κ2) is 6.36. The Bertz CT molecular complexity index is 784. The zero-order valence-corrected chi connectivity index (χ0v) is 13.9. The predicted octanol–water partition coefficient (Wildman–Crippen LogP) is 1.11. The minimum absolute atomic E-state index is 0.000669. The van der Waals surface area contributed by atoms with Gasteiger partial charge in [0.15, 0.2) is 15.6 Å². The van der Waals surface area contributed by atoms with Crippen LogP contribution in [-0.2, 0) is 14.6 Å². The average molecular weight is 357 g/mol. The molecule has 0 aliphatic carbocycles. The van der Waals surface area contributed by atoms with E-state index in [1.807, 2.05) is 0 Å². The minimum atomic E-state index is -3.02. The normalized spacial score (nSPS) is 21.2. The summed E-state index contributed by atoms with van der Waals surface area (Å²) in [7, 11) is -3.02. The summed E-state index contributed by atoms with van der Waals surface area (Å²) in [5.74, 6) is 0.564. The topological polar surface area (TPSA) is 115 Å². The number of hydrogen-bond acceptors (Lipinski definition) is 8. The Morgan fingerprint density at radius 3 is 2.96 bits per heavy atom. The van der Waals surface area contributed by atoms with E-state index in [9.17, 15) is 13.2 Å². The summed E-state index contributed by atoms with van der Waals surface area (Å²) in [6.45, 7) is 1.69. The maximum absolute atomic E-state index is 12.1. The van der Waals surface area contributed by atoms with Crippen LogP contribution in [0.15, 0.2) is 32.5 Å². The number of furan rings is 1. The van der Waals surface area contributed by atoms with E-state index in [4.69, 9.17) is 8.83 Å². The van der Waals surface area contributed by atoms with Crippen molar-refractivity contribution in [2.45, 2.75) is 29.9 Å². The summed E-state index contributed by atoms with van der Waals surface area (Å²) in [4.78, 5) is 12.1. The Hall–Kier alpha value is -1.81. The minimum Gasteiger partial charge on any atom is -0.459 e. The first-order valence-corrected chi connectivity index (χ1v) is 9.68. The lowest BCUT2D eigenvalue weighted by molar-refractivity contribution is -0.120. The molecule has 1 N–H and O–H groups in total. The number of carbonyl (C=O) groups is 1. The fraction of sp³-hybridized carbons (Fsp3) is 0.462. The van der Waals surface area contributed by atoms with Crippen molar-refractivity contribution in [1.29, 1.82) is 0 Å². The van der Waals surface area contributed by atoms with Crippen LogP contribution in [0.2, 0.25) is 0 Å². The van der Waals surface area contributed by atoms with Gasteiger partial charge in [-0.1, -0.05) is 11.8 Å². The lowest BCUT2D eigenvalue weighted by atomic mass is 10.2. The lowest BCUT2D eigenvalue weighted by Gasteiger charge is -2.14. The maximum Gasteiger partial charge on any atom is 0.284 e. The van der Waals surface area contributed by atoms with Gasteiger partial charge in [0.05, 0.1) is 23.0 Å². The molecule has 0 bridgehead atoms. The summed E-state index contributed by atoms with van der Waals surface area (Å²) in [6, 6.07) is 3.08. The molecule has 3 heterocycles. The monoisotopic (exact) mass is 357 g/mol. The number of nitrogens with one attached hydrogen (secondary N) is 1. The van der Waals surface area contributed by atoms with Crippen LogP contribution in [0.1, 0.15) is 13.3 Å². The van der Waals surface area contributed by atoms with Crippen LogP contribution in [-0.4, -0.2) is 47.3 Å². The number of rotatable bonds is 5. The van der Waals surface area contributed by atoms with Gasteiger partial charge in [-0.15, -0.1) is 10.2 Å². The second-order valence-electron chi connectivity index (χ2n) is 5.22. The highest BCUT2D eigenvalue weighted by Crippen LogP contribution is 2.26. The first-order chi connectivity index (χ1) is 10.9. The zero-order valence-electron chi connectivity index (χ0n) is 12.3. The quantitative estimate of drug-likeness (QED) is 0.791. The number of nitrogens with zero attached hydrogens (tertiary/aromatic N) is 2. The van der Waals surface area contributed by atoms with E-state index >= 15 is 0 Å². The van der Waals surface area contributed by atoms with Gasteiger partial charge in [0, 0.05) is 6.04 Å². The van der Waals surface area contributed by atoms with E-state index < -0.39 is 15.1 Å². The first kappa shape index (κ1) is 16.1. The molecule has 1 amide bonds. The lowest BCUT2D eigenvalue weighted by Crippen LogP contribution is -2.39. The molecule has 124 valence electrons. The summed E-state index contributed by atoms with van der Waals surface area (Å²) in [5.41, 5.74) is 0. The highest BCUT2D eigenvalue weighted by molar-refractivity contribution is 8.00. The molecule has 0 radical (unpaired) electrons. The third-order valence-corrected chi connectivity index (χ3v) is 6.07. The van der Waals surface area contributed by atoms with Crippen molar-refractivity contribution in [2.75, 3.05) is 11.5 Å². The van der Waals surface area contributed by atoms with Crippen molar-refractivity contribution >= 4 is 27.5 Å². The third-order valence-electron chi connectivity index (χ3n) is 3.36. The fourth-order valence-corrected chi connectivity index (χ4v) is 4.56. The number of sulfone groups is 1. The average Bonchev–Trinajstić information content (AvgIpc) is 3.19. The molecule has 1 saturated heterocycles. The van der Waals surface area contributed by atoms with Crippen molar-refractivity contribution < 1.29 is 22.0 Å². The molecular formula is C13H15N3O5S2. The zero-order chi connectivity index (χ0) is 16.4. The highest BCUT2D eigenvalue weighted by atomic mass is 32.2. The molecule has 1 fully saturated rings. The SMILES string of the molecule is C[C@H](Sc1nnc(-c2ccco2)o1)C(=O)N[C@@H]1CCS(=O)(=O)C1. The van der Waals surface area contributed by atoms with E-state index in [-0.39, 0.29) is 34.6 Å². The third kappa shape index (κ3) is 3.94. The Morgan fingerprint density at radius 1 is 1.48 bits per heavy atom.